The van der Waals surface area contributed by atoms with E-state index < -0.39 is 11.6 Å². The zero-order chi connectivity index (χ0) is 11.3. The lowest BCUT2D eigenvalue weighted by atomic mass is 9.80. The van der Waals surface area contributed by atoms with Crippen molar-refractivity contribution in [2.24, 2.45) is 5.92 Å². The van der Waals surface area contributed by atoms with Gasteiger partial charge in [-0.3, -0.25) is 4.79 Å². The SMILES string of the molecule is CC(O)(CCC(=O)O)CC1CCCCC1. The summed E-state index contributed by atoms with van der Waals surface area (Å²) in [5.41, 5.74) is -0.791. The van der Waals surface area contributed by atoms with Gasteiger partial charge in [-0.15, -0.1) is 0 Å². The molecule has 1 aliphatic rings. The lowest BCUT2D eigenvalue weighted by Gasteiger charge is -2.30. The summed E-state index contributed by atoms with van der Waals surface area (Å²) in [7, 11) is 0. The highest BCUT2D eigenvalue weighted by Gasteiger charge is 2.26. The third-order valence-electron chi connectivity index (χ3n) is 3.33. The van der Waals surface area contributed by atoms with Crippen molar-refractivity contribution in [3.8, 4) is 0 Å². The summed E-state index contributed by atoms with van der Waals surface area (Å²) in [5, 5.41) is 18.6. The van der Waals surface area contributed by atoms with E-state index in [4.69, 9.17) is 5.11 Å². The molecule has 0 spiro atoms. The summed E-state index contributed by atoms with van der Waals surface area (Å²) >= 11 is 0. The number of hydrogen-bond donors (Lipinski definition) is 2. The fourth-order valence-electron chi connectivity index (χ4n) is 2.49. The minimum absolute atomic E-state index is 0.0692. The number of hydrogen-bond acceptors (Lipinski definition) is 2. The Morgan fingerprint density at radius 2 is 1.93 bits per heavy atom. The van der Waals surface area contributed by atoms with E-state index in [0.717, 1.165) is 6.42 Å². The van der Waals surface area contributed by atoms with Gasteiger partial charge in [0.25, 0.3) is 0 Å². The molecule has 1 aliphatic carbocycles. The summed E-state index contributed by atoms with van der Waals surface area (Å²) in [6.07, 6.45) is 7.44. The van der Waals surface area contributed by atoms with Gasteiger partial charge >= 0.3 is 5.97 Å². The molecule has 0 aromatic heterocycles. The molecule has 3 heteroatoms. The molecule has 0 saturated heterocycles. The number of carbonyl (C=O) groups is 1. The number of carboxylic acid groups (broad SMARTS) is 1. The maximum atomic E-state index is 10.4. The molecule has 1 saturated carbocycles. The fourth-order valence-corrected chi connectivity index (χ4v) is 2.49. The van der Waals surface area contributed by atoms with Crippen molar-refractivity contribution in [2.45, 2.75) is 63.9 Å². The highest BCUT2D eigenvalue weighted by Crippen LogP contribution is 2.32. The van der Waals surface area contributed by atoms with Gasteiger partial charge in [-0.05, 0) is 25.7 Å². The second kappa shape index (κ2) is 5.50. The fraction of sp³-hybridized carbons (Fsp3) is 0.917. The molecule has 0 aromatic carbocycles. The second-order valence-corrected chi connectivity index (χ2v) is 5.10. The minimum Gasteiger partial charge on any atom is -0.481 e. The smallest absolute Gasteiger partial charge is 0.303 e. The average Bonchev–Trinajstić information content (AvgIpc) is 2.16. The van der Waals surface area contributed by atoms with Gasteiger partial charge in [-0.25, -0.2) is 0 Å². The van der Waals surface area contributed by atoms with Crippen LogP contribution in [-0.4, -0.2) is 21.8 Å². The monoisotopic (exact) mass is 214 g/mol. The lowest BCUT2D eigenvalue weighted by molar-refractivity contribution is -0.138. The molecule has 0 heterocycles. The Morgan fingerprint density at radius 3 is 2.47 bits per heavy atom. The Bertz CT molecular complexity index is 205. The van der Waals surface area contributed by atoms with Gasteiger partial charge in [0.15, 0.2) is 0 Å². The van der Waals surface area contributed by atoms with E-state index in [1.807, 2.05) is 0 Å². The third kappa shape index (κ3) is 5.17. The van der Waals surface area contributed by atoms with Crippen molar-refractivity contribution in [3.63, 3.8) is 0 Å². The Labute approximate surface area is 91.5 Å². The van der Waals surface area contributed by atoms with Crippen LogP contribution in [0.4, 0.5) is 0 Å². The van der Waals surface area contributed by atoms with Crippen LogP contribution >= 0.6 is 0 Å². The first-order valence-corrected chi connectivity index (χ1v) is 5.94. The van der Waals surface area contributed by atoms with E-state index in [0.29, 0.717) is 12.3 Å². The van der Waals surface area contributed by atoms with Crippen molar-refractivity contribution >= 4 is 5.97 Å². The predicted octanol–water partition coefficient (Wildman–Crippen LogP) is 2.57. The van der Waals surface area contributed by atoms with Crippen LogP contribution in [-0.2, 0) is 4.79 Å². The summed E-state index contributed by atoms with van der Waals surface area (Å²) in [4.78, 5) is 10.4. The van der Waals surface area contributed by atoms with Crippen molar-refractivity contribution in [1.29, 1.82) is 0 Å². The Hall–Kier alpha value is -0.570. The third-order valence-corrected chi connectivity index (χ3v) is 3.33. The average molecular weight is 214 g/mol. The number of aliphatic carboxylic acids is 1. The molecule has 3 nitrogen and oxygen atoms in total. The second-order valence-electron chi connectivity index (χ2n) is 5.10. The van der Waals surface area contributed by atoms with Crippen LogP contribution in [0, 0.1) is 5.92 Å². The topological polar surface area (TPSA) is 57.5 Å². The van der Waals surface area contributed by atoms with Crippen molar-refractivity contribution in [1.82, 2.24) is 0 Å². The van der Waals surface area contributed by atoms with Gasteiger partial charge in [0.2, 0.25) is 0 Å². The van der Waals surface area contributed by atoms with E-state index in [9.17, 15) is 9.90 Å². The van der Waals surface area contributed by atoms with Crippen LogP contribution in [0.1, 0.15) is 58.3 Å². The van der Waals surface area contributed by atoms with Crippen LogP contribution in [0.2, 0.25) is 0 Å². The molecule has 0 bridgehead atoms. The maximum absolute atomic E-state index is 10.4. The summed E-state index contributed by atoms with van der Waals surface area (Å²) in [6.45, 7) is 1.77. The Kier molecular flexibility index (Phi) is 4.58. The van der Waals surface area contributed by atoms with E-state index in [-0.39, 0.29) is 6.42 Å². The molecule has 1 atom stereocenters. The molecule has 0 aliphatic heterocycles. The van der Waals surface area contributed by atoms with Crippen LogP contribution in [0.5, 0.6) is 0 Å². The highest BCUT2D eigenvalue weighted by atomic mass is 16.4. The molecule has 1 unspecified atom stereocenters. The largest absolute Gasteiger partial charge is 0.481 e. The first-order valence-electron chi connectivity index (χ1n) is 5.94. The number of aliphatic hydroxyl groups is 1. The molecule has 0 radical (unpaired) electrons. The van der Waals surface area contributed by atoms with Crippen molar-refractivity contribution in [2.75, 3.05) is 0 Å². The van der Waals surface area contributed by atoms with Crippen molar-refractivity contribution < 1.29 is 15.0 Å². The van der Waals surface area contributed by atoms with Crippen LogP contribution in [0.3, 0.4) is 0 Å². The minimum atomic E-state index is -0.820. The van der Waals surface area contributed by atoms with E-state index in [2.05, 4.69) is 0 Å². The standard InChI is InChI=1S/C12H22O3/c1-12(15,8-7-11(13)14)9-10-5-3-2-4-6-10/h10,15H,2-9H2,1H3,(H,13,14). The first-order chi connectivity index (χ1) is 6.99. The van der Waals surface area contributed by atoms with E-state index in [1.165, 1.54) is 32.1 Å². The zero-order valence-electron chi connectivity index (χ0n) is 9.54. The van der Waals surface area contributed by atoms with Gasteiger partial charge in [-0.1, -0.05) is 32.1 Å². The van der Waals surface area contributed by atoms with Gasteiger partial charge in [0.05, 0.1) is 5.60 Å². The van der Waals surface area contributed by atoms with Gasteiger partial charge in [0.1, 0.15) is 0 Å². The summed E-state index contributed by atoms with van der Waals surface area (Å²) < 4.78 is 0. The molecule has 0 aromatic rings. The predicted molar refractivity (Wildman–Crippen MR) is 58.7 cm³/mol. The molecule has 1 fully saturated rings. The molecule has 1 rings (SSSR count). The lowest BCUT2D eigenvalue weighted by Crippen LogP contribution is -2.29. The zero-order valence-corrected chi connectivity index (χ0v) is 9.54. The first kappa shape index (κ1) is 12.5. The summed E-state index contributed by atoms with van der Waals surface area (Å²) in [6, 6.07) is 0. The molecule has 15 heavy (non-hydrogen) atoms. The van der Waals surface area contributed by atoms with Crippen molar-refractivity contribution in [3.05, 3.63) is 0 Å². The normalized spacial score (nSPS) is 22.3. The summed E-state index contributed by atoms with van der Waals surface area (Å²) in [5.74, 6) is -0.221. The molecule has 0 amide bonds. The number of rotatable bonds is 5. The highest BCUT2D eigenvalue weighted by molar-refractivity contribution is 5.66. The quantitative estimate of drug-likeness (QED) is 0.739. The molecular weight excluding hydrogens is 192 g/mol. The molecule has 88 valence electrons. The van der Waals surface area contributed by atoms with Crippen LogP contribution in [0.15, 0.2) is 0 Å². The van der Waals surface area contributed by atoms with E-state index in [1.54, 1.807) is 6.92 Å². The van der Waals surface area contributed by atoms with Crippen LogP contribution < -0.4 is 0 Å². The van der Waals surface area contributed by atoms with Gasteiger partial charge in [0, 0.05) is 6.42 Å². The Morgan fingerprint density at radius 1 is 1.33 bits per heavy atom. The van der Waals surface area contributed by atoms with E-state index >= 15 is 0 Å². The Balaban J connectivity index is 2.29. The van der Waals surface area contributed by atoms with Crippen LogP contribution in [0.25, 0.3) is 0 Å². The molecular formula is C12H22O3. The number of carboxylic acids is 1. The van der Waals surface area contributed by atoms with Gasteiger partial charge < -0.3 is 10.2 Å². The molecule has 2 N–H and O–H groups in total. The maximum Gasteiger partial charge on any atom is 0.303 e. The van der Waals surface area contributed by atoms with Gasteiger partial charge in [-0.2, -0.15) is 0 Å².